The summed E-state index contributed by atoms with van der Waals surface area (Å²) in [5.74, 6) is -0.0863. The van der Waals surface area contributed by atoms with E-state index in [1.165, 1.54) is 0 Å². The number of hydrogen-bond donors (Lipinski definition) is 2. The Morgan fingerprint density at radius 3 is 1.24 bits per heavy atom. The van der Waals surface area contributed by atoms with E-state index in [1.807, 2.05) is 109 Å². The van der Waals surface area contributed by atoms with E-state index in [0.717, 1.165) is 44.8 Å². The van der Waals surface area contributed by atoms with Gasteiger partial charge in [-0.3, -0.25) is 19.6 Å². The van der Waals surface area contributed by atoms with Gasteiger partial charge < -0.3 is 11.5 Å². The van der Waals surface area contributed by atoms with Gasteiger partial charge in [-0.15, -0.1) is 0 Å². The summed E-state index contributed by atoms with van der Waals surface area (Å²) < 4.78 is 0. The number of ketones is 2. The average molecular weight is 501 g/mol. The molecule has 0 bridgehead atoms. The van der Waals surface area contributed by atoms with Crippen LogP contribution in [-0.2, 0) is 22.4 Å². The van der Waals surface area contributed by atoms with Crippen LogP contribution in [0.25, 0.3) is 0 Å². The smallest absolute Gasteiger partial charge is 0.175 e. The first-order valence-corrected chi connectivity index (χ1v) is 12.5. The molecule has 188 valence electrons. The maximum Gasteiger partial charge on any atom is 0.175 e. The first kappa shape index (κ1) is 25.1. The molecule has 0 aromatic heterocycles. The lowest BCUT2D eigenvalue weighted by atomic mass is 9.96. The minimum atomic E-state index is -0.775. The molecule has 2 heterocycles. The Bertz CT molecular complexity index is 1410. The molecule has 6 heteroatoms. The molecular formula is C32H28N4O2. The number of hydrogen-bond acceptors (Lipinski definition) is 6. The molecule has 0 saturated carbocycles. The second kappa shape index (κ2) is 11.3. The van der Waals surface area contributed by atoms with Crippen molar-refractivity contribution < 1.29 is 9.59 Å². The number of benzene rings is 4. The molecule has 0 spiro atoms. The van der Waals surface area contributed by atoms with Crippen molar-refractivity contribution >= 4 is 23.0 Å². The highest BCUT2D eigenvalue weighted by Crippen LogP contribution is 2.21. The molecular weight excluding hydrogens is 472 g/mol. The molecule has 0 radical (unpaired) electrons. The second-order valence-corrected chi connectivity index (χ2v) is 9.18. The molecule has 0 aliphatic carbocycles. The van der Waals surface area contributed by atoms with Crippen LogP contribution in [0.4, 0.5) is 0 Å². The topological polar surface area (TPSA) is 111 Å². The standard InChI is InChI=1S/2C16H14N2O/c2*17-16-14(19)10-12-8-4-5-9-13(12)15(18-16)11-6-2-1-3-7-11/h2*1-9,16H,10,17H2/t2*16-/m10/s1. The van der Waals surface area contributed by atoms with Crippen LogP contribution in [0.15, 0.2) is 119 Å². The number of nitrogens with two attached hydrogens (primary N) is 2. The lowest BCUT2D eigenvalue weighted by Crippen LogP contribution is -2.29. The van der Waals surface area contributed by atoms with Crippen molar-refractivity contribution in [2.75, 3.05) is 0 Å². The fourth-order valence-corrected chi connectivity index (χ4v) is 4.61. The molecule has 2 aliphatic heterocycles. The van der Waals surface area contributed by atoms with Crippen LogP contribution in [0.1, 0.15) is 33.4 Å². The summed E-state index contributed by atoms with van der Waals surface area (Å²) in [5.41, 5.74) is 19.2. The molecule has 0 saturated heterocycles. The zero-order chi connectivity index (χ0) is 26.5. The van der Waals surface area contributed by atoms with Gasteiger partial charge in [0.2, 0.25) is 0 Å². The van der Waals surface area contributed by atoms with Crippen LogP contribution >= 0.6 is 0 Å². The minimum absolute atomic E-state index is 0.0432. The van der Waals surface area contributed by atoms with E-state index in [0.29, 0.717) is 12.8 Å². The van der Waals surface area contributed by atoms with Gasteiger partial charge in [-0.25, -0.2) is 0 Å². The molecule has 6 rings (SSSR count). The van der Waals surface area contributed by atoms with Crippen LogP contribution in [-0.4, -0.2) is 35.3 Å². The molecule has 38 heavy (non-hydrogen) atoms. The first-order chi connectivity index (χ1) is 18.5. The Kier molecular flexibility index (Phi) is 7.45. The van der Waals surface area contributed by atoms with E-state index < -0.39 is 12.3 Å². The maximum atomic E-state index is 11.9. The van der Waals surface area contributed by atoms with Crippen molar-refractivity contribution in [3.63, 3.8) is 0 Å². The van der Waals surface area contributed by atoms with Gasteiger partial charge in [0.05, 0.1) is 11.4 Å². The van der Waals surface area contributed by atoms with Crippen molar-refractivity contribution in [1.82, 2.24) is 0 Å². The van der Waals surface area contributed by atoms with E-state index in [2.05, 4.69) is 9.98 Å². The summed E-state index contributed by atoms with van der Waals surface area (Å²) in [4.78, 5) is 32.7. The largest absolute Gasteiger partial charge is 0.303 e. The summed E-state index contributed by atoms with van der Waals surface area (Å²) in [6, 6.07) is 35.4. The number of aliphatic imine (C=N–C) groups is 2. The minimum Gasteiger partial charge on any atom is -0.303 e. The third-order valence-corrected chi connectivity index (χ3v) is 6.56. The van der Waals surface area contributed by atoms with Gasteiger partial charge in [0.25, 0.3) is 0 Å². The van der Waals surface area contributed by atoms with Crippen molar-refractivity contribution in [2.24, 2.45) is 21.5 Å². The monoisotopic (exact) mass is 500 g/mol. The van der Waals surface area contributed by atoms with E-state index in [9.17, 15) is 9.59 Å². The van der Waals surface area contributed by atoms with Gasteiger partial charge in [-0.2, -0.15) is 0 Å². The molecule has 0 unspecified atom stereocenters. The third kappa shape index (κ3) is 5.42. The normalized spacial score (nSPS) is 18.5. The maximum absolute atomic E-state index is 11.9. The molecule has 0 fully saturated rings. The van der Waals surface area contributed by atoms with Gasteiger partial charge in [-0.05, 0) is 11.1 Å². The molecule has 6 nitrogen and oxygen atoms in total. The van der Waals surface area contributed by atoms with E-state index in [4.69, 9.17) is 11.5 Å². The molecule has 0 amide bonds. The zero-order valence-corrected chi connectivity index (χ0v) is 20.8. The number of rotatable bonds is 2. The number of carbonyl (C=O) groups is 2. The average Bonchev–Trinajstić information content (AvgIpc) is 3.17. The van der Waals surface area contributed by atoms with Crippen LogP contribution in [0, 0.1) is 0 Å². The zero-order valence-electron chi connectivity index (χ0n) is 20.8. The fourth-order valence-electron chi connectivity index (χ4n) is 4.61. The van der Waals surface area contributed by atoms with Gasteiger partial charge in [0.15, 0.2) is 23.9 Å². The quantitative estimate of drug-likeness (QED) is 0.435. The van der Waals surface area contributed by atoms with E-state index in [-0.39, 0.29) is 11.6 Å². The number of carbonyl (C=O) groups excluding carboxylic acids is 2. The van der Waals surface area contributed by atoms with E-state index >= 15 is 0 Å². The third-order valence-electron chi connectivity index (χ3n) is 6.56. The SMILES string of the molecule is N[C@@H]1N=C(c2ccccc2)c2ccccc2CC1=O.N[C@H]1N=C(c2ccccc2)c2ccccc2CC1=O. The van der Waals surface area contributed by atoms with Gasteiger partial charge in [-0.1, -0.05) is 109 Å². The molecule has 4 N–H and O–H groups in total. The van der Waals surface area contributed by atoms with Crippen molar-refractivity contribution in [3.8, 4) is 0 Å². The highest BCUT2D eigenvalue weighted by atomic mass is 16.1. The number of nitrogens with zero attached hydrogens (tertiary/aromatic N) is 2. The van der Waals surface area contributed by atoms with Gasteiger partial charge >= 0.3 is 0 Å². The summed E-state index contributed by atoms with van der Waals surface area (Å²) in [6.07, 6.45) is -0.862. The molecule has 4 aromatic carbocycles. The number of Topliss-reactive ketones (excluding diaryl/α,β-unsaturated/α-hetero) is 2. The molecule has 2 atom stereocenters. The van der Waals surface area contributed by atoms with Crippen molar-refractivity contribution in [2.45, 2.75) is 25.2 Å². The Hall–Kier alpha value is -4.52. The lowest BCUT2D eigenvalue weighted by molar-refractivity contribution is -0.120. The van der Waals surface area contributed by atoms with Crippen molar-refractivity contribution in [3.05, 3.63) is 143 Å². The number of fused-ring (bicyclic) bond motifs is 2. The lowest BCUT2D eigenvalue weighted by Gasteiger charge is -2.09. The van der Waals surface area contributed by atoms with Gasteiger partial charge in [0, 0.05) is 35.1 Å². The molecule has 2 aliphatic rings. The summed E-state index contributed by atoms with van der Waals surface area (Å²) in [5, 5.41) is 0. The fraction of sp³-hybridized carbons (Fsp3) is 0.125. The highest BCUT2D eigenvalue weighted by Gasteiger charge is 2.24. The van der Waals surface area contributed by atoms with E-state index in [1.54, 1.807) is 0 Å². The Morgan fingerprint density at radius 1 is 0.500 bits per heavy atom. The Morgan fingerprint density at radius 2 is 0.842 bits per heavy atom. The van der Waals surface area contributed by atoms with Crippen LogP contribution in [0.5, 0.6) is 0 Å². The Labute approximate surface area is 221 Å². The summed E-state index contributed by atoms with van der Waals surface area (Å²) >= 11 is 0. The van der Waals surface area contributed by atoms with Crippen LogP contribution in [0.3, 0.4) is 0 Å². The van der Waals surface area contributed by atoms with Crippen LogP contribution in [0.2, 0.25) is 0 Å². The van der Waals surface area contributed by atoms with Gasteiger partial charge in [0.1, 0.15) is 0 Å². The predicted molar refractivity (Wildman–Crippen MR) is 150 cm³/mol. The Balaban J connectivity index is 0.000000155. The predicted octanol–water partition coefficient (Wildman–Crippen LogP) is 3.87. The molecule has 4 aromatic rings. The highest BCUT2D eigenvalue weighted by molar-refractivity contribution is 6.16. The second-order valence-electron chi connectivity index (χ2n) is 9.18. The van der Waals surface area contributed by atoms with Crippen LogP contribution < -0.4 is 11.5 Å². The summed E-state index contributed by atoms with van der Waals surface area (Å²) in [6.45, 7) is 0. The summed E-state index contributed by atoms with van der Waals surface area (Å²) in [7, 11) is 0. The first-order valence-electron chi connectivity index (χ1n) is 12.5. The van der Waals surface area contributed by atoms with Crippen molar-refractivity contribution in [1.29, 1.82) is 0 Å².